The molecule has 0 saturated heterocycles. The van der Waals surface area contributed by atoms with Crippen molar-refractivity contribution in [3.8, 4) is 5.75 Å². The summed E-state index contributed by atoms with van der Waals surface area (Å²) in [6.07, 6.45) is 2.08. The van der Waals surface area contributed by atoms with Crippen LogP contribution >= 0.6 is 0 Å². The Labute approximate surface area is 153 Å². The smallest absolute Gasteiger partial charge is 0.258 e. The average molecular weight is 346 g/mol. The molecule has 0 fully saturated rings. The molecule has 1 atom stereocenters. The van der Waals surface area contributed by atoms with Crippen LogP contribution in [0, 0.1) is 6.92 Å². The molecule has 0 saturated carbocycles. The second kappa shape index (κ2) is 6.71. The molecular formula is C22H22N2O2. The van der Waals surface area contributed by atoms with Gasteiger partial charge < -0.3 is 14.2 Å². The summed E-state index contributed by atoms with van der Waals surface area (Å²) in [6, 6.07) is 19.9. The fraction of sp³-hybridized carbons (Fsp3) is 0.227. The number of methoxy groups -OCH3 is 1. The number of aryl methyl sites for hydroxylation is 1. The summed E-state index contributed by atoms with van der Waals surface area (Å²) in [7, 11) is 1.60. The number of aromatic nitrogens is 1. The topological polar surface area (TPSA) is 34.5 Å². The van der Waals surface area contributed by atoms with Gasteiger partial charge >= 0.3 is 0 Å². The van der Waals surface area contributed by atoms with E-state index in [0.29, 0.717) is 17.9 Å². The maximum absolute atomic E-state index is 13.4. The number of fused-ring (bicyclic) bond motifs is 1. The highest BCUT2D eigenvalue weighted by molar-refractivity contribution is 5.97. The van der Waals surface area contributed by atoms with Crippen molar-refractivity contribution in [3.63, 3.8) is 0 Å². The van der Waals surface area contributed by atoms with E-state index in [1.54, 1.807) is 7.11 Å². The highest BCUT2D eigenvalue weighted by Gasteiger charge is 2.33. The van der Waals surface area contributed by atoms with Gasteiger partial charge in [0, 0.05) is 25.0 Å². The predicted octanol–water partition coefficient (Wildman–Crippen LogP) is 4.05. The fourth-order valence-electron chi connectivity index (χ4n) is 3.68. The quantitative estimate of drug-likeness (QED) is 0.717. The summed E-state index contributed by atoms with van der Waals surface area (Å²) >= 11 is 0. The normalized spacial score (nSPS) is 16.2. The van der Waals surface area contributed by atoms with Gasteiger partial charge in [-0.25, -0.2) is 0 Å². The summed E-state index contributed by atoms with van der Waals surface area (Å²) < 4.78 is 7.65. The molecule has 132 valence electrons. The Balaban J connectivity index is 1.79. The van der Waals surface area contributed by atoms with Crippen LogP contribution in [0.4, 0.5) is 0 Å². The third-order valence-corrected chi connectivity index (χ3v) is 5.03. The van der Waals surface area contributed by atoms with Gasteiger partial charge in [-0.2, -0.15) is 0 Å². The molecule has 0 unspecified atom stereocenters. The highest BCUT2D eigenvalue weighted by atomic mass is 16.5. The molecule has 1 aliphatic rings. The van der Waals surface area contributed by atoms with Gasteiger partial charge in [-0.3, -0.25) is 4.79 Å². The average Bonchev–Trinajstić information content (AvgIpc) is 3.16. The van der Waals surface area contributed by atoms with E-state index in [1.807, 2.05) is 35.2 Å². The number of carbonyl (C=O) groups excluding carboxylic acids is 1. The van der Waals surface area contributed by atoms with Crippen LogP contribution < -0.4 is 4.74 Å². The highest BCUT2D eigenvalue weighted by Crippen LogP contribution is 2.34. The molecule has 4 nitrogen and oxygen atoms in total. The van der Waals surface area contributed by atoms with Crippen molar-refractivity contribution in [2.45, 2.75) is 19.5 Å². The molecule has 0 aliphatic carbocycles. The number of ether oxygens (including phenoxy) is 1. The molecule has 1 amide bonds. The summed E-state index contributed by atoms with van der Waals surface area (Å²) in [5.74, 6) is 0.613. The molecule has 4 heteroatoms. The zero-order valence-corrected chi connectivity index (χ0v) is 15.1. The van der Waals surface area contributed by atoms with Crippen molar-refractivity contribution >= 4 is 5.91 Å². The summed E-state index contributed by atoms with van der Waals surface area (Å²) in [6.45, 7) is 3.54. The Kier molecular flexibility index (Phi) is 4.25. The molecule has 3 aromatic rings. The fourth-order valence-corrected chi connectivity index (χ4v) is 3.68. The monoisotopic (exact) mass is 346 g/mol. The first-order valence-electron chi connectivity index (χ1n) is 8.84. The molecule has 0 radical (unpaired) electrons. The van der Waals surface area contributed by atoms with Gasteiger partial charge in [-0.15, -0.1) is 0 Å². The third-order valence-electron chi connectivity index (χ3n) is 5.03. The van der Waals surface area contributed by atoms with E-state index >= 15 is 0 Å². The van der Waals surface area contributed by atoms with Crippen LogP contribution in [0.2, 0.25) is 0 Å². The molecule has 1 aliphatic heterocycles. The number of nitrogens with zero attached hydrogens (tertiary/aromatic N) is 2. The summed E-state index contributed by atoms with van der Waals surface area (Å²) in [5, 5.41) is 0. The van der Waals surface area contributed by atoms with E-state index < -0.39 is 0 Å². The first-order chi connectivity index (χ1) is 12.7. The Morgan fingerprint density at radius 3 is 2.54 bits per heavy atom. The number of benzene rings is 2. The first-order valence-corrected chi connectivity index (χ1v) is 8.84. The molecule has 4 rings (SSSR count). The summed E-state index contributed by atoms with van der Waals surface area (Å²) in [5.41, 5.74) is 4.08. The van der Waals surface area contributed by atoms with Gasteiger partial charge in [-0.05, 0) is 36.8 Å². The minimum absolute atomic E-state index is 0.000440. The molecule has 2 aromatic carbocycles. The zero-order valence-electron chi connectivity index (χ0n) is 15.1. The number of amides is 1. The number of para-hydroxylation sites is 1. The largest absolute Gasteiger partial charge is 0.496 e. The van der Waals surface area contributed by atoms with Crippen LogP contribution in [0.3, 0.4) is 0 Å². The lowest BCUT2D eigenvalue weighted by atomic mass is 9.98. The molecule has 0 N–H and O–H groups in total. The number of hydrogen-bond donors (Lipinski definition) is 0. The Morgan fingerprint density at radius 1 is 1.00 bits per heavy atom. The lowest BCUT2D eigenvalue weighted by molar-refractivity contribution is 0.0660. The third kappa shape index (κ3) is 2.77. The number of rotatable bonds is 3. The zero-order chi connectivity index (χ0) is 18.1. The van der Waals surface area contributed by atoms with Gasteiger partial charge in [0.05, 0.1) is 18.7 Å². The lowest BCUT2D eigenvalue weighted by Crippen LogP contribution is -2.42. The standard InChI is InChI=1S/C22H22N2O2/c1-16-9-11-17(12-10-16)21-19-7-5-13-23(19)14-15-24(21)22(25)18-6-3-4-8-20(18)26-2/h3-13,21H,14-15H2,1-2H3/t21-/m1/s1. The minimum Gasteiger partial charge on any atom is -0.496 e. The first kappa shape index (κ1) is 16.5. The maximum Gasteiger partial charge on any atom is 0.258 e. The van der Waals surface area contributed by atoms with Crippen molar-refractivity contribution in [1.29, 1.82) is 0 Å². The van der Waals surface area contributed by atoms with Crippen LogP contribution in [-0.2, 0) is 6.54 Å². The van der Waals surface area contributed by atoms with Crippen molar-refractivity contribution in [2.24, 2.45) is 0 Å². The van der Waals surface area contributed by atoms with Crippen molar-refractivity contribution in [3.05, 3.63) is 89.2 Å². The van der Waals surface area contributed by atoms with Crippen molar-refractivity contribution < 1.29 is 9.53 Å². The van der Waals surface area contributed by atoms with Crippen LogP contribution in [0.1, 0.15) is 33.2 Å². The molecule has 0 spiro atoms. The predicted molar refractivity (Wildman–Crippen MR) is 101 cm³/mol. The van der Waals surface area contributed by atoms with Crippen molar-refractivity contribution in [2.75, 3.05) is 13.7 Å². The van der Waals surface area contributed by atoms with Crippen LogP contribution in [-0.4, -0.2) is 29.0 Å². The molecule has 26 heavy (non-hydrogen) atoms. The second-order valence-corrected chi connectivity index (χ2v) is 6.64. The van der Waals surface area contributed by atoms with E-state index in [2.05, 4.69) is 48.0 Å². The van der Waals surface area contributed by atoms with Crippen LogP contribution in [0.25, 0.3) is 0 Å². The van der Waals surface area contributed by atoms with E-state index in [-0.39, 0.29) is 11.9 Å². The van der Waals surface area contributed by atoms with E-state index in [9.17, 15) is 4.79 Å². The Hall–Kier alpha value is -3.01. The van der Waals surface area contributed by atoms with Gasteiger partial charge in [0.25, 0.3) is 5.91 Å². The lowest BCUT2D eigenvalue weighted by Gasteiger charge is -2.37. The second-order valence-electron chi connectivity index (χ2n) is 6.64. The number of carbonyl (C=O) groups is 1. The van der Waals surface area contributed by atoms with Gasteiger partial charge in [0.1, 0.15) is 5.75 Å². The maximum atomic E-state index is 13.4. The van der Waals surface area contributed by atoms with Gasteiger partial charge in [0.2, 0.25) is 0 Å². The molecule has 2 heterocycles. The Morgan fingerprint density at radius 2 is 1.77 bits per heavy atom. The molecular weight excluding hydrogens is 324 g/mol. The van der Waals surface area contributed by atoms with Crippen LogP contribution in [0.5, 0.6) is 5.75 Å². The number of hydrogen-bond acceptors (Lipinski definition) is 2. The van der Waals surface area contributed by atoms with E-state index in [1.165, 1.54) is 5.56 Å². The molecule has 0 bridgehead atoms. The van der Waals surface area contributed by atoms with E-state index in [0.717, 1.165) is 17.8 Å². The minimum atomic E-state index is -0.100. The van der Waals surface area contributed by atoms with Gasteiger partial charge in [0.15, 0.2) is 0 Å². The summed E-state index contributed by atoms with van der Waals surface area (Å²) in [4.78, 5) is 15.4. The Bertz CT molecular complexity index is 927. The SMILES string of the molecule is COc1ccccc1C(=O)N1CCn2cccc2[C@H]1c1ccc(C)cc1. The molecule has 1 aromatic heterocycles. The van der Waals surface area contributed by atoms with E-state index in [4.69, 9.17) is 4.74 Å². The van der Waals surface area contributed by atoms with Crippen molar-refractivity contribution in [1.82, 2.24) is 9.47 Å². The van der Waals surface area contributed by atoms with Gasteiger partial charge in [-0.1, -0.05) is 42.0 Å². The van der Waals surface area contributed by atoms with Crippen LogP contribution in [0.15, 0.2) is 66.9 Å².